The normalized spacial score (nSPS) is 15.6. The number of nitrogens with zero attached hydrogens (tertiary/aromatic N) is 1. The molecule has 5 heteroatoms. The van der Waals surface area contributed by atoms with Crippen molar-refractivity contribution in [3.63, 3.8) is 0 Å². The van der Waals surface area contributed by atoms with Crippen LogP contribution in [0.15, 0.2) is 28.9 Å². The van der Waals surface area contributed by atoms with Crippen LogP contribution in [0.1, 0.15) is 22.8 Å². The van der Waals surface area contributed by atoms with E-state index in [1.165, 1.54) is 6.92 Å². The average Bonchev–Trinajstić information content (AvgIpc) is 2.52. The monoisotopic (exact) mass is 218 g/mol. The van der Waals surface area contributed by atoms with Crippen molar-refractivity contribution < 1.29 is 15.1 Å². The van der Waals surface area contributed by atoms with Gasteiger partial charge in [-0.3, -0.25) is 4.79 Å². The van der Waals surface area contributed by atoms with Gasteiger partial charge in [0.2, 0.25) is 5.78 Å². The first-order valence-corrected chi connectivity index (χ1v) is 4.63. The van der Waals surface area contributed by atoms with E-state index in [0.717, 1.165) is 0 Å². The molecule has 0 bridgehead atoms. The minimum absolute atomic E-state index is 0.00426. The van der Waals surface area contributed by atoms with Crippen molar-refractivity contribution in [2.24, 2.45) is 5.16 Å². The van der Waals surface area contributed by atoms with E-state index in [1.807, 2.05) is 0 Å². The van der Waals surface area contributed by atoms with Gasteiger partial charge in [0, 0.05) is 11.3 Å². The lowest BCUT2D eigenvalue weighted by Gasteiger charge is -2.01. The van der Waals surface area contributed by atoms with Gasteiger partial charge in [-0.15, -0.1) is 0 Å². The van der Waals surface area contributed by atoms with E-state index in [2.05, 4.69) is 5.16 Å². The van der Waals surface area contributed by atoms with Crippen molar-refractivity contribution >= 4 is 22.9 Å². The summed E-state index contributed by atoms with van der Waals surface area (Å²) in [5.74, 6) is -0.608. The highest BCUT2D eigenvalue weighted by molar-refractivity contribution is 6.36. The molecule has 0 aliphatic heterocycles. The van der Waals surface area contributed by atoms with Crippen molar-refractivity contribution in [2.75, 3.05) is 5.73 Å². The summed E-state index contributed by atoms with van der Waals surface area (Å²) in [5, 5.41) is 21.4. The number of aliphatic hydroxyl groups excluding tert-OH is 1. The second-order valence-corrected chi connectivity index (χ2v) is 3.51. The maximum Gasteiger partial charge on any atom is 0.201 e. The van der Waals surface area contributed by atoms with E-state index in [-0.39, 0.29) is 22.6 Å². The van der Waals surface area contributed by atoms with Gasteiger partial charge in [-0.2, -0.15) is 0 Å². The molecule has 0 saturated heterocycles. The van der Waals surface area contributed by atoms with Crippen molar-refractivity contribution in [3.8, 4) is 0 Å². The lowest BCUT2D eigenvalue weighted by atomic mass is 10.0. The molecule has 4 N–H and O–H groups in total. The van der Waals surface area contributed by atoms with E-state index in [0.29, 0.717) is 11.3 Å². The van der Waals surface area contributed by atoms with Crippen LogP contribution in [0.5, 0.6) is 0 Å². The number of oxime groups is 1. The molecule has 0 atom stereocenters. The Labute approximate surface area is 91.5 Å². The number of Topliss-reactive ketones (excluding diaryl/α,β-unsaturated/α-hetero) is 1. The number of anilines is 1. The molecule has 1 aromatic rings. The zero-order valence-corrected chi connectivity index (χ0v) is 8.56. The fourth-order valence-electron chi connectivity index (χ4n) is 1.77. The molecule has 0 radical (unpaired) electrons. The molecule has 82 valence electrons. The van der Waals surface area contributed by atoms with E-state index < -0.39 is 5.78 Å². The second kappa shape index (κ2) is 3.37. The van der Waals surface area contributed by atoms with Gasteiger partial charge >= 0.3 is 0 Å². The Hall–Kier alpha value is -2.30. The van der Waals surface area contributed by atoms with Gasteiger partial charge in [-0.1, -0.05) is 17.3 Å². The third kappa shape index (κ3) is 1.18. The molecule has 0 aromatic heterocycles. The molecule has 0 unspecified atom stereocenters. The molecule has 5 nitrogen and oxygen atoms in total. The molecular formula is C11H10N2O3. The van der Waals surface area contributed by atoms with Gasteiger partial charge in [-0.05, 0) is 13.0 Å². The standard InChI is InChI=1S/C11H10N2O3/c1-5(13-16)8-10(14)6-3-2-4-7(12)9(6)11(8)15/h2-4,14,16H,12H2,1H3. The zero-order valence-electron chi connectivity index (χ0n) is 8.56. The molecule has 0 saturated carbocycles. The summed E-state index contributed by atoms with van der Waals surface area (Å²) in [6, 6.07) is 4.82. The number of allylic oxidation sites excluding steroid dienone is 1. The first kappa shape index (κ1) is 10.2. The van der Waals surface area contributed by atoms with Crippen LogP contribution in [-0.4, -0.2) is 21.8 Å². The summed E-state index contributed by atoms with van der Waals surface area (Å²) < 4.78 is 0. The molecule has 2 rings (SSSR count). The van der Waals surface area contributed by atoms with Gasteiger partial charge in [0.05, 0.1) is 16.8 Å². The van der Waals surface area contributed by atoms with Crippen LogP contribution < -0.4 is 5.73 Å². The number of aliphatic hydroxyl groups is 1. The number of nitrogen functional groups attached to an aromatic ring is 1. The Morgan fingerprint density at radius 1 is 1.44 bits per heavy atom. The van der Waals surface area contributed by atoms with Crippen LogP contribution in [0.4, 0.5) is 5.69 Å². The van der Waals surface area contributed by atoms with Crippen LogP contribution in [0.3, 0.4) is 0 Å². The molecule has 1 aromatic carbocycles. The summed E-state index contributed by atoms with van der Waals surface area (Å²) in [6.07, 6.45) is 0. The number of carbonyl (C=O) groups is 1. The highest BCUT2D eigenvalue weighted by Crippen LogP contribution is 2.34. The maximum absolute atomic E-state index is 11.9. The van der Waals surface area contributed by atoms with E-state index in [4.69, 9.17) is 10.9 Å². The fourth-order valence-corrected chi connectivity index (χ4v) is 1.77. The molecule has 0 fully saturated rings. The smallest absolute Gasteiger partial charge is 0.201 e. The van der Waals surface area contributed by atoms with Crippen molar-refractivity contribution in [1.82, 2.24) is 0 Å². The number of hydrogen-bond acceptors (Lipinski definition) is 5. The predicted octanol–water partition coefficient (Wildman–Crippen LogP) is 1.58. The minimum Gasteiger partial charge on any atom is -0.506 e. The molecule has 1 aliphatic carbocycles. The molecule has 16 heavy (non-hydrogen) atoms. The second-order valence-electron chi connectivity index (χ2n) is 3.51. The van der Waals surface area contributed by atoms with E-state index >= 15 is 0 Å². The van der Waals surface area contributed by atoms with Crippen LogP contribution in [0, 0.1) is 0 Å². The van der Waals surface area contributed by atoms with Gasteiger partial charge in [-0.25, -0.2) is 0 Å². The lowest BCUT2D eigenvalue weighted by Crippen LogP contribution is -2.09. The van der Waals surface area contributed by atoms with Crippen molar-refractivity contribution in [1.29, 1.82) is 0 Å². The van der Waals surface area contributed by atoms with E-state index in [1.54, 1.807) is 18.2 Å². The number of fused-ring (bicyclic) bond motifs is 1. The zero-order chi connectivity index (χ0) is 11.9. The Morgan fingerprint density at radius 2 is 2.12 bits per heavy atom. The highest BCUT2D eigenvalue weighted by Gasteiger charge is 2.33. The van der Waals surface area contributed by atoms with Crippen molar-refractivity contribution in [3.05, 3.63) is 34.9 Å². The SMILES string of the molecule is CC(=NO)C1=C(O)c2cccc(N)c2C1=O. The lowest BCUT2D eigenvalue weighted by molar-refractivity contribution is 0.104. The quantitative estimate of drug-likeness (QED) is 0.288. The molecule has 1 aliphatic rings. The molecular weight excluding hydrogens is 208 g/mol. The van der Waals surface area contributed by atoms with Crippen LogP contribution in [0.25, 0.3) is 5.76 Å². The number of benzene rings is 1. The Kier molecular flexibility index (Phi) is 2.16. The topological polar surface area (TPSA) is 95.9 Å². The third-order valence-corrected chi connectivity index (χ3v) is 2.55. The van der Waals surface area contributed by atoms with Gasteiger partial charge < -0.3 is 16.0 Å². The number of hydrogen-bond donors (Lipinski definition) is 3. The van der Waals surface area contributed by atoms with Crippen molar-refractivity contribution in [2.45, 2.75) is 6.92 Å². The Balaban J connectivity index is 2.70. The highest BCUT2D eigenvalue weighted by atomic mass is 16.4. The minimum atomic E-state index is -0.416. The van der Waals surface area contributed by atoms with Crippen LogP contribution in [0.2, 0.25) is 0 Å². The summed E-state index contributed by atoms with van der Waals surface area (Å²) >= 11 is 0. The summed E-state index contributed by atoms with van der Waals surface area (Å²) in [6.45, 7) is 1.44. The summed E-state index contributed by atoms with van der Waals surface area (Å²) in [4.78, 5) is 11.9. The first-order valence-electron chi connectivity index (χ1n) is 4.63. The van der Waals surface area contributed by atoms with Crippen LogP contribution in [-0.2, 0) is 0 Å². The fraction of sp³-hybridized carbons (Fsp3) is 0.0909. The number of nitrogens with two attached hydrogens (primary N) is 1. The molecule has 0 heterocycles. The Morgan fingerprint density at radius 3 is 2.69 bits per heavy atom. The van der Waals surface area contributed by atoms with Gasteiger partial charge in [0.25, 0.3) is 0 Å². The van der Waals surface area contributed by atoms with Gasteiger partial charge in [0.1, 0.15) is 5.76 Å². The van der Waals surface area contributed by atoms with Gasteiger partial charge in [0.15, 0.2) is 0 Å². The first-order chi connectivity index (χ1) is 7.57. The molecule has 0 spiro atoms. The third-order valence-electron chi connectivity index (χ3n) is 2.55. The molecule has 0 amide bonds. The van der Waals surface area contributed by atoms with E-state index in [9.17, 15) is 9.90 Å². The summed E-state index contributed by atoms with van der Waals surface area (Å²) in [5.41, 5.74) is 6.67. The largest absolute Gasteiger partial charge is 0.506 e. The number of rotatable bonds is 1. The number of carbonyl (C=O) groups excluding carboxylic acids is 1. The average molecular weight is 218 g/mol. The predicted molar refractivity (Wildman–Crippen MR) is 59.6 cm³/mol. The maximum atomic E-state index is 11.9. The van der Waals surface area contributed by atoms with Crippen LogP contribution >= 0.6 is 0 Å². The summed E-state index contributed by atoms with van der Waals surface area (Å²) in [7, 11) is 0. The Bertz CT molecular complexity index is 544. The number of ketones is 1.